The molecule has 0 saturated carbocycles. The number of para-hydroxylation sites is 1. The van der Waals surface area contributed by atoms with Crippen LogP contribution >= 0.6 is 11.6 Å². The third-order valence-electron chi connectivity index (χ3n) is 4.80. The van der Waals surface area contributed by atoms with Crippen molar-refractivity contribution in [3.8, 4) is 0 Å². The van der Waals surface area contributed by atoms with E-state index in [2.05, 4.69) is 15.3 Å². The number of hydrogen-bond donors (Lipinski definition) is 2. The Balaban J connectivity index is 1.57. The number of ketones is 1. The topological polar surface area (TPSA) is 57.8 Å². The van der Waals surface area contributed by atoms with Crippen LogP contribution in [0.4, 0.5) is 0 Å². The number of aromatic amines is 1. The fraction of sp³-hybridized carbons (Fsp3) is 0.130. The molecule has 0 fully saturated rings. The SMILES string of the molecule is O=C(c1c[nH]c2ccccc12)C(NCCc1ccc(Cl)nc1)c1ccccc1. The Bertz CT molecular complexity index is 1070. The maximum Gasteiger partial charge on any atom is 0.186 e. The molecular formula is C23H20ClN3O. The number of fused-ring (bicyclic) bond motifs is 1. The van der Waals surface area contributed by atoms with Gasteiger partial charge in [-0.3, -0.25) is 4.79 Å². The summed E-state index contributed by atoms with van der Waals surface area (Å²) < 4.78 is 0. The number of nitrogens with zero attached hydrogens (tertiary/aromatic N) is 1. The van der Waals surface area contributed by atoms with Gasteiger partial charge in [-0.25, -0.2) is 4.98 Å². The monoisotopic (exact) mass is 389 g/mol. The molecule has 28 heavy (non-hydrogen) atoms. The van der Waals surface area contributed by atoms with Crippen molar-refractivity contribution >= 4 is 28.3 Å². The van der Waals surface area contributed by atoms with Crippen molar-refractivity contribution in [1.82, 2.24) is 15.3 Å². The number of Topliss-reactive ketones (excluding diaryl/α,β-unsaturated/α-hetero) is 1. The summed E-state index contributed by atoms with van der Waals surface area (Å²) in [6.07, 6.45) is 4.32. The van der Waals surface area contributed by atoms with Gasteiger partial charge < -0.3 is 10.3 Å². The fourth-order valence-electron chi connectivity index (χ4n) is 3.35. The molecule has 5 heteroatoms. The van der Waals surface area contributed by atoms with Gasteiger partial charge in [-0.05, 0) is 29.7 Å². The molecule has 0 aliphatic rings. The number of rotatable bonds is 7. The van der Waals surface area contributed by atoms with Gasteiger partial charge in [0.25, 0.3) is 0 Å². The first-order valence-electron chi connectivity index (χ1n) is 9.21. The summed E-state index contributed by atoms with van der Waals surface area (Å²) in [6, 6.07) is 21.0. The van der Waals surface area contributed by atoms with Gasteiger partial charge in [0.1, 0.15) is 5.15 Å². The second kappa shape index (κ2) is 8.38. The second-order valence-electron chi connectivity index (χ2n) is 6.65. The molecule has 0 radical (unpaired) electrons. The zero-order chi connectivity index (χ0) is 19.3. The summed E-state index contributed by atoms with van der Waals surface area (Å²) in [6.45, 7) is 0.650. The number of pyridine rings is 1. The number of halogens is 1. The van der Waals surface area contributed by atoms with Crippen molar-refractivity contribution in [3.05, 3.63) is 101 Å². The maximum atomic E-state index is 13.4. The first-order chi connectivity index (χ1) is 13.7. The van der Waals surface area contributed by atoms with E-state index in [0.29, 0.717) is 17.3 Å². The highest BCUT2D eigenvalue weighted by atomic mass is 35.5. The van der Waals surface area contributed by atoms with Gasteiger partial charge in [0.05, 0.1) is 6.04 Å². The van der Waals surface area contributed by atoms with Crippen molar-refractivity contribution in [1.29, 1.82) is 0 Å². The predicted molar refractivity (Wildman–Crippen MR) is 113 cm³/mol. The van der Waals surface area contributed by atoms with Gasteiger partial charge >= 0.3 is 0 Å². The Morgan fingerprint density at radius 1 is 1.04 bits per heavy atom. The molecule has 4 rings (SSSR count). The molecule has 0 aliphatic carbocycles. The average molecular weight is 390 g/mol. The van der Waals surface area contributed by atoms with Crippen LogP contribution in [0.25, 0.3) is 10.9 Å². The van der Waals surface area contributed by atoms with Crippen LogP contribution < -0.4 is 5.32 Å². The van der Waals surface area contributed by atoms with Crippen LogP contribution in [0.3, 0.4) is 0 Å². The molecule has 1 atom stereocenters. The number of carbonyl (C=O) groups excluding carboxylic acids is 1. The van der Waals surface area contributed by atoms with Gasteiger partial charge in [-0.15, -0.1) is 0 Å². The molecule has 0 spiro atoms. The van der Waals surface area contributed by atoms with Crippen LogP contribution in [0.15, 0.2) is 79.1 Å². The first-order valence-corrected chi connectivity index (χ1v) is 9.59. The summed E-state index contributed by atoms with van der Waals surface area (Å²) in [4.78, 5) is 20.7. The van der Waals surface area contributed by atoms with Crippen LogP contribution in [0, 0.1) is 0 Å². The number of H-pyrrole nitrogens is 1. The van der Waals surface area contributed by atoms with E-state index >= 15 is 0 Å². The van der Waals surface area contributed by atoms with Crippen LogP contribution in [-0.2, 0) is 6.42 Å². The van der Waals surface area contributed by atoms with Crippen LogP contribution in [0.5, 0.6) is 0 Å². The second-order valence-corrected chi connectivity index (χ2v) is 7.04. The van der Waals surface area contributed by atoms with Crippen LogP contribution in [-0.4, -0.2) is 22.3 Å². The summed E-state index contributed by atoms with van der Waals surface area (Å²) >= 11 is 5.85. The lowest BCUT2D eigenvalue weighted by Gasteiger charge is -2.18. The van der Waals surface area contributed by atoms with E-state index in [4.69, 9.17) is 11.6 Å². The van der Waals surface area contributed by atoms with Crippen molar-refractivity contribution in [3.63, 3.8) is 0 Å². The Morgan fingerprint density at radius 2 is 1.82 bits per heavy atom. The molecule has 2 aromatic carbocycles. The normalized spacial score (nSPS) is 12.2. The lowest BCUT2D eigenvalue weighted by Crippen LogP contribution is -2.30. The van der Waals surface area contributed by atoms with Gasteiger partial charge in [0, 0.05) is 35.4 Å². The highest BCUT2D eigenvalue weighted by Gasteiger charge is 2.23. The Hall–Kier alpha value is -2.95. The van der Waals surface area contributed by atoms with E-state index in [1.807, 2.05) is 60.7 Å². The van der Waals surface area contributed by atoms with Crippen LogP contribution in [0.2, 0.25) is 5.15 Å². The zero-order valence-electron chi connectivity index (χ0n) is 15.2. The molecule has 0 amide bonds. The van der Waals surface area contributed by atoms with E-state index in [1.54, 1.807) is 18.5 Å². The van der Waals surface area contributed by atoms with Gasteiger partial charge in [-0.2, -0.15) is 0 Å². The fourth-order valence-corrected chi connectivity index (χ4v) is 3.47. The van der Waals surface area contributed by atoms with Gasteiger partial charge in [-0.1, -0.05) is 66.2 Å². The molecule has 4 nitrogen and oxygen atoms in total. The number of aromatic nitrogens is 2. The molecule has 1 unspecified atom stereocenters. The molecule has 0 saturated heterocycles. The highest BCUT2D eigenvalue weighted by Crippen LogP contribution is 2.24. The van der Waals surface area contributed by atoms with Crippen molar-refractivity contribution in [2.24, 2.45) is 0 Å². The average Bonchev–Trinajstić information content (AvgIpc) is 3.17. The molecule has 0 aliphatic heterocycles. The quantitative estimate of drug-likeness (QED) is 0.346. The molecule has 2 aromatic heterocycles. The molecule has 0 bridgehead atoms. The largest absolute Gasteiger partial charge is 0.360 e. The third kappa shape index (κ3) is 3.98. The Morgan fingerprint density at radius 3 is 2.61 bits per heavy atom. The molecular weight excluding hydrogens is 370 g/mol. The smallest absolute Gasteiger partial charge is 0.186 e. The zero-order valence-corrected chi connectivity index (χ0v) is 16.0. The molecule has 2 N–H and O–H groups in total. The van der Waals surface area contributed by atoms with Gasteiger partial charge in [0.15, 0.2) is 5.78 Å². The van der Waals surface area contributed by atoms with Gasteiger partial charge in [0.2, 0.25) is 0 Å². The van der Waals surface area contributed by atoms with E-state index in [1.165, 1.54) is 0 Å². The standard InChI is InChI=1S/C23H20ClN3O/c24-21-11-10-16(14-27-21)12-13-25-22(17-6-2-1-3-7-17)23(28)19-15-26-20-9-5-4-8-18(19)20/h1-11,14-15,22,25-26H,12-13H2. The van der Waals surface area contributed by atoms with E-state index in [9.17, 15) is 4.79 Å². The minimum Gasteiger partial charge on any atom is -0.360 e. The highest BCUT2D eigenvalue weighted by molar-refractivity contribution is 6.29. The number of benzene rings is 2. The lowest BCUT2D eigenvalue weighted by atomic mass is 9.97. The number of hydrogen-bond acceptors (Lipinski definition) is 3. The summed E-state index contributed by atoms with van der Waals surface area (Å²) in [7, 11) is 0. The van der Waals surface area contributed by atoms with E-state index in [-0.39, 0.29) is 5.78 Å². The minimum absolute atomic E-state index is 0.0536. The van der Waals surface area contributed by atoms with E-state index < -0.39 is 6.04 Å². The summed E-state index contributed by atoms with van der Waals surface area (Å²) in [5, 5.41) is 4.85. The number of nitrogens with one attached hydrogen (secondary N) is 2. The minimum atomic E-state index is -0.416. The van der Waals surface area contributed by atoms with Crippen molar-refractivity contribution in [2.45, 2.75) is 12.5 Å². The predicted octanol–water partition coefficient (Wildman–Crippen LogP) is 4.97. The maximum absolute atomic E-state index is 13.4. The summed E-state index contributed by atoms with van der Waals surface area (Å²) in [5.41, 5.74) is 3.69. The Labute approximate surface area is 168 Å². The molecule has 4 aromatic rings. The van der Waals surface area contributed by atoms with Crippen molar-refractivity contribution in [2.75, 3.05) is 6.54 Å². The lowest BCUT2D eigenvalue weighted by molar-refractivity contribution is 0.0945. The van der Waals surface area contributed by atoms with Crippen molar-refractivity contribution < 1.29 is 4.79 Å². The Kier molecular flexibility index (Phi) is 5.51. The summed E-state index contributed by atoms with van der Waals surface area (Å²) in [5.74, 6) is 0.0536. The number of carbonyl (C=O) groups is 1. The molecule has 2 heterocycles. The third-order valence-corrected chi connectivity index (χ3v) is 5.02. The van der Waals surface area contributed by atoms with E-state index in [0.717, 1.165) is 28.5 Å². The van der Waals surface area contributed by atoms with Crippen LogP contribution in [0.1, 0.15) is 27.5 Å². The molecule has 140 valence electrons. The first kappa shape index (κ1) is 18.4.